The van der Waals surface area contributed by atoms with Crippen molar-refractivity contribution in [2.45, 2.75) is 46.4 Å². The largest absolute Gasteiger partial charge is 0.491 e. The van der Waals surface area contributed by atoms with Gasteiger partial charge < -0.3 is 14.2 Å². The number of thiazole rings is 1. The lowest BCUT2D eigenvalue weighted by Crippen LogP contribution is -2.40. The number of aromatic nitrogens is 1. The van der Waals surface area contributed by atoms with Crippen molar-refractivity contribution in [2.24, 2.45) is 4.99 Å². The fraction of sp³-hybridized carbons (Fsp3) is 0.242. The Kier molecular flexibility index (Phi) is 9.46. The molecule has 1 atom stereocenters. The van der Waals surface area contributed by atoms with Crippen LogP contribution >= 0.6 is 33.9 Å². The maximum atomic E-state index is 14.0. The third kappa shape index (κ3) is 6.59. The van der Waals surface area contributed by atoms with Crippen LogP contribution < -0.4 is 24.4 Å². The van der Waals surface area contributed by atoms with E-state index in [1.165, 1.54) is 17.4 Å². The summed E-state index contributed by atoms with van der Waals surface area (Å²) < 4.78 is 34.2. The highest BCUT2D eigenvalue weighted by Gasteiger charge is 2.35. The van der Waals surface area contributed by atoms with Gasteiger partial charge >= 0.3 is 5.97 Å². The Labute approximate surface area is 266 Å². The summed E-state index contributed by atoms with van der Waals surface area (Å²) in [6.45, 7) is 7.64. The zero-order valence-corrected chi connectivity index (χ0v) is 27.1. The van der Waals surface area contributed by atoms with Crippen LogP contribution in [0.1, 0.15) is 50.4 Å². The highest BCUT2D eigenvalue weighted by atomic mass is 127. The van der Waals surface area contributed by atoms with E-state index in [1.54, 1.807) is 48.8 Å². The number of esters is 1. The number of fused-ring (bicyclic) bond motifs is 1. The van der Waals surface area contributed by atoms with Gasteiger partial charge in [0.05, 0.1) is 32.1 Å². The number of benzene rings is 3. The third-order valence-electron chi connectivity index (χ3n) is 6.69. The fourth-order valence-corrected chi connectivity index (χ4v) is 6.54. The maximum Gasteiger partial charge on any atom is 0.338 e. The van der Waals surface area contributed by atoms with Gasteiger partial charge in [0.2, 0.25) is 0 Å². The molecule has 0 saturated carbocycles. The molecule has 0 amide bonds. The molecule has 2 heterocycles. The quantitative estimate of drug-likeness (QED) is 0.160. The van der Waals surface area contributed by atoms with Crippen LogP contribution in [0.25, 0.3) is 6.08 Å². The standard InChI is InChI=1S/C33H30FIN2O5S/c1-5-40-32(39)29-20(4)36-33-37(30(29)23-11-7-9-13-26(23)42-19(2)3)31(38)28(43-33)17-21-14-15-27(25(35)16-21)41-18-22-10-6-8-12-24(22)34/h6-17,19,30H,5,18H2,1-4H3/b28-17+/t30-/m1/s1. The van der Waals surface area contributed by atoms with Crippen LogP contribution in [0, 0.1) is 9.39 Å². The van der Waals surface area contributed by atoms with Crippen molar-refractivity contribution in [3.63, 3.8) is 0 Å². The fourth-order valence-electron chi connectivity index (χ4n) is 4.80. The number of para-hydroxylation sites is 1. The van der Waals surface area contributed by atoms with Crippen LogP contribution in [0.3, 0.4) is 0 Å². The molecule has 0 fully saturated rings. The van der Waals surface area contributed by atoms with Gasteiger partial charge in [-0.05, 0) is 86.2 Å². The van der Waals surface area contributed by atoms with Crippen molar-refractivity contribution in [2.75, 3.05) is 6.61 Å². The smallest absolute Gasteiger partial charge is 0.338 e. The van der Waals surface area contributed by atoms with Gasteiger partial charge in [-0.3, -0.25) is 9.36 Å². The van der Waals surface area contributed by atoms with E-state index in [4.69, 9.17) is 14.2 Å². The molecule has 1 aromatic heterocycles. The molecule has 1 aliphatic rings. The molecule has 7 nitrogen and oxygen atoms in total. The number of allylic oxidation sites excluding steroid dienone is 1. The molecule has 0 aliphatic carbocycles. The molecule has 0 bridgehead atoms. The van der Waals surface area contributed by atoms with E-state index in [2.05, 4.69) is 27.6 Å². The number of ether oxygens (including phenoxy) is 3. The van der Waals surface area contributed by atoms with Gasteiger partial charge in [-0.1, -0.05) is 53.8 Å². The van der Waals surface area contributed by atoms with Crippen LogP contribution in [0.5, 0.6) is 11.5 Å². The van der Waals surface area contributed by atoms with E-state index in [0.717, 1.165) is 9.13 Å². The summed E-state index contributed by atoms with van der Waals surface area (Å²) in [6.07, 6.45) is 1.68. The molecule has 43 heavy (non-hydrogen) atoms. The van der Waals surface area contributed by atoms with E-state index in [1.807, 2.05) is 50.2 Å². The number of halogens is 2. The van der Waals surface area contributed by atoms with Crippen LogP contribution in [0.2, 0.25) is 0 Å². The zero-order valence-electron chi connectivity index (χ0n) is 24.1. The predicted octanol–water partition coefficient (Wildman–Crippen LogP) is 5.91. The minimum absolute atomic E-state index is 0.102. The Morgan fingerprint density at radius 2 is 1.86 bits per heavy atom. The van der Waals surface area contributed by atoms with Gasteiger partial charge in [0.25, 0.3) is 5.56 Å². The van der Waals surface area contributed by atoms with Crippen LogP contribution in [-0.4, -0.2) is 23.2 Å². The average Bonchev–Trinajstić information content (AvgIpc) is 3.26. The number of hydrogen-bond acceptors (Lipinski definition) is 7. The Bertz CT molecular complexity index is 1900. The first-order valence-electron chi connectivity index (χ1n) is 13.8. The van der Waals surface area contributed by atoms with Gasteiger partial charge in [0, 0.05) is 11.1 Å². The number of carbonyl (C=O) groups is 1. The molecular weight excluding hydrogens is 682 g/mol. The third-order valence-corrected chi connectivity index (χ3v) is 8.51. The summed E-state index contributed by atoms with van der Waals surface area (Å²) >= 11 is 3.41. The van der Waals surface area contributed by atoms with Gasteiger partial charge in [0.1, 0.15) is 30.0 Å². The van der Waals surface area contributed by atoms with E-state index in [9.17, 15) is 14.0 Å². The van der Waals surface area contributed by atoms with Gasteiger partial charge in [-0.25, -0.2) is 14.2 Å². The lowest BCUT2D eigenvalue weighted by atomic mass is 9.95. The zero-order chi connectivity index (χ0) is 30.7. The van der Waals surface area contributed by atoms with Gasteiger partial charge in [0.15, 0.2) is 4.80 Å². The van der Waals surface area contributed by atoms with Crippen LogP contribution in [-0.2, 0) is 16.1 Å². The SMILES string of the molecule is CCOC(=O)C1=C(C)N=c2s/c(=C/c3ccc(OCc4ccccc4F)c(I)c3)c(=O)n2[C@@H]1c1ccccc1OC(C)C. The number of rotatable bonds is 9. The summed E-state index contributed by atoms with van der Waals surface area (Å²) in [4.78, 5) is 32.4. The summed E-state index contributed by atoms with van der Waals surface area (Å²) in [5.41, 5.74) is 2.43. The first-order valence-corrected chi connectivity index (χ1v) is 15.7. The number of hydrogen-bond donors (Lipinski definition) is 0. The minimum atomic E-state index is -0.776. The first-order chi connectivity index (χ1) is 20.7. The number of carbonyl (C=O) groups excluding carboxylic acids is 1. The van der Waals surface area contributed by atoms with Crippen molar-refractivity contribution in [1.29, 1.82) is 0 Å². The number of nitrogens with zero attached hydrogens (tertiary/aromatic N) is 2. The predicted molar refractivity (Wildman–Crippen MR) is 172 cm³/mol. The molecule has 0 unspecified atom stereocenters. The Morgan fingerprint density at radius 1 is 1.12 bits per heavy atom. The van der Waals surface area contributed by atoms with E-state index in [0.29, 0.717) is 43.2 Å². The molecule has 0 saturated heterocycles. The maximum absolute atomic E-state index is 14.0. The molecule has 5 rings (SSSR count). The van der Waals surface area contributed by atoms with Crippen molar-refractivity contribution < 1.29 is 23.4 Å². The van der Waals surface area contributed by atoms with E-state index >= 15 is 0 Å². The van der Waals surface area contributed by atoms with E-state index < -0.39 is 12.0 Å². The highest BCUT2D eigenvalue weighted by Crippen LogP contribution is 2.36. The molecule has 3 aromatic carbocycles. The van der Waals surface area contributed by atoms with Gasteiger partial charge in [-0.2, -0.15) is 0 Å². The van der Waals surface area contributed by atoms with Crippen molar-refractivity contribution >= 4 is 46.0 Å². The second-order valence-electron chi connectivity index (χ2n) is 10.1. The van der Waals surface area contributed by atoms with Crippen molar-refractivity contribution in [1.82, 2.24) is 4.57 Å². The summed E-state index contributed by atoms with van der Waals surface area (Å²) in [5, 5.41) is 0. The Hall–Kier alpha value is -3.77. The van der Waals surface area contributed by atoms with E-state index in [-0.39, 0.29) is 30.7 Å². The average molecular weight is 713 g/mol. The van der Waals surface area contributed by atoms with Crippen LogP contribution in [0.15, 0.2) is 87.8 Å². The molecule has 0 radical (unpaired) electrons. The first kappa shape index (κ1) is 30.7. The second kappa shape index (κ2) is 13.3. The molecule has 0 spiro atoms. The molecule has 10 heteroatoms. The lowest BCUT2D eigenvalue weighted by Gasteiger charge is -2.26. The van der Waals surface area contributed by atoms with Crippen molar-refractivity contribution in [3.8, 4) is 11.5 Å². The molecular formula is C33H30FIN2O5S. The minimum Gasteiger partial charge on any atom is -0.491 e. The summed E-state index contributed by atoms with van der Waals surface area (Å²) in [7, 11) is 0. The Balaban J connectivity index is 1.56. The van der Waals surface area contributed by atoms with Gasteiger partial charge in [-0.15, -0.1) is 0 Å². The summed E-state index contributed by atoms with van der Waals surface area (Å²) in [5.74, 6) is 0.346. The normalized spacial score (nSPS) is 14.9. The molecule has 1 aliphatic heterocycles. The van der Waals surface area contributed by atoms with Crippen LogP contribution in [0.4, 0.5) is 4.39 Å². The lowest BCUT2D eigenvalue weighted by molar-refractivity contribution is -0.139. The second-order valence-corrected chi connectivity index (χ2v) is 12.2. The topological polar surface area (TPSA) is 79.1 Å². The Morgan fingerprint density at radius 3 is 2.58 bits per heavy atom. The summed E-state index contributed by atoms with van der Waals surface area (Å²) in [6, 6.07) is 18.7. The monoisotopic (exact) mass is 712 g/mol. The van der Waals surface area contributed by atoms with Crippen molar-refractivity contribution in [3.05, 3.63) is 124 Å². The molecule has 0 N–H and O–H groups in total. The molecule has 4 aromatic rings. The molecule has 222 valence electrons. The highest BCUT2D eigenvalue weighted by molar-refractivity contribution is 14.1.